The summed E-state index contributed by atoms with van der Waals surface area (Å²) in [6, 6.07) is 10.2. The van der Waals surface area contributed by atoms with Crippen LogP contribution in [0.3, 0.4) is 0 Å². The second-order valence-corrected chi connectivity index (χ2v) is 6.43. The Kier molecular flexibility index (Phi) is 4.88. The first-order chi connectivity index (χ1) is 9.90. The molecule has 1 atom stereocenters. The molecule has 1 aromatic rings. The van der Waals surface area contributed by atoms with Gasteiger partial charge >= 0.3 is 6.09 Å². The first kappa shape index (κ1) is 15.8. The third-order valence-electron chi connectivity index (χ3n) is 3.46. The van der Waals surface area contributed by atoms with Crippen LogP contribution in [0, 0.1) is 5.92 Å². The number of likely N-dealkylation sites (tertiary alicyclic amines) is 1. The van der Waals surface area contributed by atoms with Gasteiger partial charge in [-0.05, 0) is 33.3 Å². The standard InChI is InChI=1S/C17H25NO3/c1-5-20-15(13-9-7-6-8-10-13)14-11-18(12-14)16(19)21-17(2,3)4/h6-10,14-15H,5,11-12H2,1-4H3. The molecular formula is C17H25NO3. The third kappa shape index (κ3) is 4.21. The molecule has 4 nitrogen and oxygen atoms in total. The predicted octanol–water partition coefficient (Wildman–Crippen LogP) is 3.63. The molecule has 1 fully saturated rings. The van der Waals surface area contributed by atoms with Crippen LogP contribution in [0.1, 0.15) is 39.4 Å². The Balaban J connectivity index is 1.93. The fraction of sp³-hybridized carbons (Fsp3) is 0.588. The highest BCUT2D eigenvalue weighted by molar-refractivity contribution is 5.69. The third-order valence-corrected chi connectivity index (χ3v) is 3.46. The van der Waals surface area contributed by atoms with Gasteiger partial charge in [0, 0.05) is 25.6 Å². The maximum Gasteiger partial charge on any atom is 0.410 e. The van der Waals surface area contributed by atoms with E-state index < -0.39 is 5.60 Å². The van der Waals surface area contributed by atoms with E-state index in [1.165, 1.54) is 5.56 Å². The highest BCUT2D eigenvalue weighted by Crippen LogP contribution is 2.33. The molecule has 116 valence electrons. The topological polar surface area (TPSA) is 38.8 Å². The molecule has 0 aliphatic carbocycles. The van der Waals surface area contributed by atoms with Gasteiger partial charge in [-0.25, -0.2) is 4.79 Å². The van der Waals surface area contributed by atoms with Gasteiger partial charge < -0.3 is 14.4 Å². The summed E-state index contributed by atoms with van der Waals surface area (Å²) in [7, 11) is 0. The van der Waals surface area contributed by atoms with E-state index in [9.17, 15) is 4.79 Å². The summed E-state index contributed by atoms with van der Waals surface area (Å²) in [5.74, 6) is 0.333. The van der Waals surface area contributed by atoms with Gasteiger partial charge in [-0.2, -0.15) is 0 Å². The number of benzene rings is 1. The van der Waals surface area contributed by atoms with Crippen molar-refractivity contribution in [1.29, 1.82) is 0 Å². The molecule has 1 aliphatic heterocycles. The molecule has 0 bridgehead atoms. The van der Waals surface area contributed by atoms with Crippen molar-refractivity contribution in [3.05, 3.63) is 35.9 Å². The molecule has 0 aromatic heterocycles. The van der Waals surface area contributed by atoms with Crippen molar-refractivity contribution in [3.8, 4) is 0 Å². The van der Waals surface area contributed by atoms with Gasteiger partial charge in [0.05, 0.1) is 6.10 Å². The fourth-order valence-electron chi connectivity index (χ4n) is 2.51. The Morgan fingerprint density at radius 3 is 2.43 bits per heavy atom. The lowest BCUT2D eigenvalue weighted by Crippen LogP contribution is -2.53. The van der Waals surface area contributed by atoms with Crippen LogP contribution in [-0.2, 0) is 9.47 Å². The van der Waals surface area contributed by atoms with Crippen LogP contribution in [-0.4, -0.2) is 36.3 Å². The van der Waals surface area contributed by atoms with Crippen LogP contribution < -0.4 is 0 Å². The van der Waals surface area contributed by atoms with Gasteiger partial charge in [-0.1, -0.05) is 30.3 Å². The van der Waals surface area contributed by atoms with E-state index in [1.807, 2.05) is 45.9 Å². The van der Waals surface area contributed by atoms with E-state index in [-0.39, 0.29) is 12.2 Å². The van der Waals surface area contributed by atoms with Crippen molar-refractivity contribution in [1.82, 2.24) is 4.90 Å². The van der Waals surface area contributed by atoms with Gasteiger partial charge in [0.15, 0.2) is 0 Å². The normalized spacial score (nSPS) is 17.2. The Labute approximate surface area is 127 Å². The number of hydrogen-bond acceptors (Lipinski definition) is 3. The Morgan fingerprint density at radius 2 is 1.90 bits per heavy atom. The molecule has 1 aromatic carbocycles. The zero-order chi connectivity index (χ0) is 15.5. The lowest BCUT2D eigenvalue weighted by atomic mass is 9.89. The first-order valence-electron chi connectivity index (χ1n) is 7.55. The smallest absolute Gasteiger partial charge is 0.410 e. The van der Waals surface area contributed by atoms with E-state index >= 15 is 0 Å². The SMILES string of the molecule is CCOC(c1ccccc1)C1CN(C(=O)OC(C)(C)C)C1. The number of rotatable bonds is 4. The second-order valence-electron chi connectivity index (χ2n) is 6.43. The fourth-order valence-corrected chi connectivity index (χ4v) is 2.51. The van der Waals surface area contributed by atoms with E-state index in [0.29, 0.717) is 25.6 Å². The number of ether oxygens (including phenoxy) is 2. The second kappa shape index (κ2) is 6.48. The highest BCUT2D eigenvalue weighted by Gasteiger charge is 2.39. The van der Waals surface area contributed by atoms with Gasteiger partial charge in [0.25, 0.3) is 0 Å². The molecule has 1 saturated heterocycles. The summed E-state index contributed by atoms with van der Waals surface area (Å²) in [6.07, 6.45) is -0.183. The number of nitrogens with zero attached hydrogens (tertiary/aromatic N) is 1. The zero-order valence-corrected chi connectivity index (χ0v) is 13.3. The van der Waals surface area contributed by atoms with Crippen LogP contribution in [0.4, 0.5) is 4.79 Å². The molecule has 0 N–H and O–H groups in total. The highest BCUT2D eigenvalue weighted by atomic mass is 16.6. The van der Waals surface area contributed by atoms with E-state index in [4.69, 9.17) is 9.47 Å². The van der Waals surface area contributed by atoms with E-state index in [1.54, 1.807) is 4.90 Å². The lowest BCUT2D eigenvalue weighted by molar-refractivity contribution is -0.0563. The number of hydrogen-bond donors (Lipinski definition) is 0. The molecule has 1 aliphatic rings. The predicted molar refractivity (Wildman–Crippen MR) is 82.1 cm³/mol. The van der Waals surface area contributed by atoms with Crippen molar-refractivity contribution in [3.63, 3.8) is 0 Å². The summed E-state index contributed by atoms with van der Waals surface area (Å²) >= 11 is 0. The van der Waals surface area contributed by atoms with Crippen LogP contribution in [0.5, 0.6) is 0 Å². The van der Waals surface area contributed by atoms with Gasteiger partial charge in [-0.3, -0.25) is 0 Å². The minimum atomic E-state index is -0.444. The summed E-state index contributed by atoms with van der Waals surface area (Å²) in [5, 5.41) is 0. The lowest BCUT2D eigenvalue weighted by Gasteiger charge is -2.43. The zero-order valence-electron chi connectivity index (χ0n) is 13.3. The molecular weight excluding hydrogens is 266 g/mol. The molecule has 1 amide bonds. The average Bonchev–Trinajstić information content (AvgIpc) is 2.35. The Morgan fingerprint density at radius 1 is 1.29 bits per heavy atom. The van der Waals surface area contributed by atoms with Crippen LogP contribution in [0.2, 0.25) is 0 Å². The quantitative estimate of drug-likeness (QED) is 0.850. The molecule has 1 heterocycles. The molecule has 1 unspecified atom stereocenters. The van der Waals surface area contributed by atoms with E-state index in [0.717, 1.165) is 0 Å². The van der Waals surface area contributed by atoms with Crippen molar-refractivity contribution in [2.24, 2.45) is 5.92 Å². The van der Waals surface area contributed by atoms with Crippen molar-refractivity contribution >= 4 is 6.09 Å². The van der Waals surface area contributed by atoms with Crippen molar-refractivity contribution < 1.29 is 14.3 Å². The summed E-state index contributed by atoms with van der Waals surface area (Å²) in [5.41, 5.74) is 0.731. The first-order valence-corrected chi connectivity index (χ1v) is 7.55. The summed E-state index contributed by atoms with van der Waals surface area (Å²) < 4.78 is 11.3. The summed E-state index contributed by atoms with van der Waals surface area (Å²) in [6.45, 7) is 9.70. The van der Waals surface area contributed by atoms with Crippen molar-refractivity contribution in [2.75, 3.05) is 19.7 Å². The molecule has 0 radical (unpaired) electrons. The monoisotopic (exact) mass is 291 g/mol. The largest absolute Gasteiger partial charge is 0.444 e. The summed E-state index contributed by atoms with van der Waals surface area (Å²) in [4.78, 5) is 13.7. The number of amides is 1. The number of carbonyl (C=O) groups is 1. The minimum absolute atomic E-state index is 0.0508. The molecule has 2 rings (SSSR count). The molecule has 0 saturated carbocycles. The molecule has 4 heteroatoms. The molecule has 21 heavy (non-hydrogen) atoms. The minimum Gasteiger partial charge on any atom is -0.444 e. The van der Waals surface area contributed by atoms with Gasteiger partial charge in [0.2, 0.25) is 0 Å². The van der Waals surface area contributed by atoms with Crippen LogP contribution >= 0.6 is 0 Å². The van der Waals surface area contributed by atoms with Gasteiger partial charge in [-0.15, -0.1) is 0 Å². The maximum atomic E-state index is 12.0. The Hall–Kier alpha value is -1.55. The van der Waals surface area contributed by atoms with Crippen LogP contribution in [0.15, 0.2) is 30.3 Å². The average molecular weight is 291 g/mol. The number of carbonyl (C=O) groups excluding carboxylic acids is 1. The van der Waals surface area contributed by atoms with Gasteiger partial charge in [0.1, 0.15) is 5.60 Å². The van der Waals surface area contributed by atoms with Crippen LogP contribution in [0.25, 0.3) is 0 Å². The molecule has 0 spiro atoms. The van der Waals surface area contributed by atoms with Crippen molar-refractivity contribution in [2.45, 2.75) is 39.4 Å². The maximum absolute atomic E-state index is 12.0. The van der Waals surface area contributed by atoms with E-state index in [2.05, 4.69) is 12.1 Å². The Bertz CT molecular complexity index is 461.